The molecule has 0 saturated heterocycles. The topological polar surface area (TPSA) is 96.8 Å². The molecule has 1 aliphatic carbocycles. The Balaban J connectivity index is 1.57. The number of aryl methyl sites for hydroxylation is 1. The van der Waals surface area contributed by atoms with Crippen LogP contribution in [0.2, 0.25) is 0 Å². The van der Waals surface area contributed by atoms with E-state index in [2.05, 4.69) is 10.4 Å². The number of nitrogens with zero attached hydrogens (tertiary/aromatic N) is 4. The van der Waals surface area contributed by atoms with Gasteiger partial charge < -0.3 is 19.9 Å². The van der Waals surface area contributed by atoms with E-state index in [9.17, 15) is 23.2 Å². The van der Waals surface area contributed by atoms with Gasteiger partial charge in [0.05, 0.1) is 12.7 Å². The van der Waals surface area contributed by atoms with Crippen LogP contribution in [0.4, 0.5) is 8.78 Å². The highest BCUT2D eigenvalue weighted by molar-refractivity contribution is 5.95. The SMILES string of the molecule is COc1c(F)ccc(C(=O)N2CCCNC(=O)c3nn(C)c4c3CC(CC4)N(C)C(=O)CCC2)c1F. The zero-order valence-electron chi connectivity index (χ0n) is 20.8. The number of likely N-dealkylation sites (N-methyl/N-ethyl adjacent to an activating group) is 1. The van der Waals surface area contributed by atoms with E-state index in [4.69, 9.17) is 4.74 Å². The summed E-state index contributed by atoms with van der Waals surface area (Å²) in [7, 11) is 4.71. The van der Waals surface area contributed by atoms with E-state index in [1.165, 1.54) is 4.90 Å². The van der Waals surface area contributed by atoms with Crippen molar-refractivity contribution in [2.75, 3.05) is 33.8 Å². The van der Waals surface area contributed by atoms with E-state index >= 15 is 0 Å². The molecule has 4 rings (SSSR count). The smallest absolute Gasteiger partial charge is 0.272 e. The number of rotatable bonds is 2. The number of ether oxygens (including phenoxy) is 1. The molecule has 1 unspecified atom stereocenters. The van der Waals surface area contributed by atoms with Gasteiger partial charge >= 0.3 is 0 Å². The number of fused-ring (bicyclic) bond motifs is 1. The standard InChI is InChI=1S/C25H31F2N5O4/c1-30-15-7-10-19-17(14-15)22(29-31(19)2)24(34)28-11-5-13-32(12-4-6-20(30)33)25(35)16-8-9-18(26)23(36-3)21(16)27/h8-9,15H,4-7,10-14H2,1-3H3,(H,28,34). The van der Waals surface area contributed by atoms with Gasteiger partial charge in [-0.05, 0) is 44.2 Å². The number of carbonyl (C=O) groups is 3. The average Bonchev–Trinajstić information content (AvgIpc) is 3.20. The molecule has 11 heteroatoms. The molecule has 0 radical (unpaired) electrons. The maximum absolute atomic E-state index is 14.8. The number of methoxy groups -OCH3 is 1. The summed E-state index contributed by atoms with van der Waals surface area (Å²) in [5, 5.41) is 7.30. The maximum atomic E-state index is 14.8. The van der Waals surface area contributed by atoms with Crippen LogP contribution < -0.4 is 10.1 Å². The molecule has 36 heavy (non-hydrogen) atoms. The van der Waals surface area contributed by atoms with Crippen molar-refractivity contribution in [3.63, 3.8) is 0 Å². The number of nitrogens with one attached hydrogen (secondary N) is 1. The Bertz CT molecular complexity index is 1180. The molecule has 194 valence electrons. The Labute approximate surface area is 208 Å². The largest absolute Gasteiger partial charge is 0.491 e. The van der Waals surface area contributed by atoms with Gasteiger partial charge in [-0.15, -0.1) is 0 Å². The molecular weight excluding hydrogens is 472 g/mol. The lowest BCUT2D eigenvalue weighted by molar-refractivity contribution is -0.132. The lowest BCUT2D eigenvalue weighted by Crippen LogP contribution is -2.41. The average molecular weight is 504 g/mol. The molecule has 1 N–H and O–H groups in total. The fourth-order valence-corrected chi connectivity index (χ4v) is 5.01. The molecule has 2 bridgehead atoms. The van der Waals surface area contributed by atoms with Gasteiger partial charge in [0.2, 0.25) is 5.91 Å². The molecule has 0 spiro atoms. The molecule has 2 aliphatic rings. The molecular formula is C25H31F2N5O4. The third kappa shape index (κ3) is 4.91. The van der Waals surface area contributed by atoms with Gasteiger partial charge in [-0.2, -0.15) is 5.10 Å². The molecule has 3 amide bonds. The number of carbonyl (C=O) groups excluding carboxylic acids is 3. The summed E-state index contributed by atoms with van der Waals surface area (Å²) in [6, 6.07) is 2.03. The van der Waals surface area contributed by atoms with Crippen molar-refractivity contribution < 1.29 is 27.9 Å². The quantitative estimate of drug-likeness (QED) is 0.677. The second kappa shape index (κ2) is 10.6. The minimum Gasteiger partial charge on any atom is -0.491 e. The van der Waals surface area contributed by atoms with Gasteiger partial charge in [-0.25, -0.2) is 8.78 Å². The van der Waals surface area contributed by atoms with Gasteiger partial charge in [0.25, 0.3) is 11.8 Å². The van der Waals surface area contributed by atoms with Crippen LogP contribution in [0, 0.1) is 11.6 Å². The Morgan fingerprint density at radius 3 is 2.64 bits per heavy atom. The lowest BCUT2D eigenvalue weighted by atomic mass is 9.90. The minimum absolute atomic E-state index is 0.0515. The van der Waals surface area contributed by atoms with Crippen LogP contribution in [0.1, 0.15) is 57.8 Å². The highest BCUT2D eigenvalue weighted by atomic mass is 19.1. The van der Waals surface area contributed by atoms with Crippen LogP contribution in [0.25, 0.3) is 0 Å². The number of aromatic nitrogens is 2. The van der Waals surface area contributed by atoms with E-state index in [-0.39, 0.29) is 49.5 Å². The number of amides is 3. The zero-order chi connectivity index (χ0) is 26.0. The highest BCUT2D eigenvalue weighted by Gasteiger charge is 2.32. The van der Waals surface area contributed by atoms with Crippen molar-refractivity contribution in [3.8, 4) is 5.75 Å². The molecule has 9 nitrogen and oxygen atoms in total. The van der Waals surface area contributed by atoms with Crippen molar-refractivity contribution in [2.24, 2.45) is 7.05 Å². The first kappa shape index (κ1) is 25.6. The van der Waals surface area contributed by atoms with Crippen LogP contribution in [-0.2, 0) is 24.7 Å². The van der Waals surface area contributed by atoms with E-state index in [1.54, 1.807) is 16.6 Å². The van der Waals surface area contributed by atoms with Crippen LogP contribution in [0.5, 0.6) is 5.75 Å². The number of benzene rings is 1. The molecule has 0 saturated carbocycles. The summed E-state index contributed by atoms with van der Waals surface area (Å²) in [4.78, 5) is 42.2. The van der Waals surface area contributed by atoms with Crippen LogP contribution in [-0.4, -0.2) is 77.1 Å². The second-order valence-electron chi connectivity index (χ2n) is 9.25. The van der Waals surface area contributed by atoms with Crippen molar-refractivity contribution in [3.05, 3.63) is 46.3 Å². The Morgan fingerprint density at radius 2 is 1.89 bits per heavy atom. The third-order valence-electron chi connectivity index (χ3n) is 7.06. The summed E-state index contributed by atoms with van der Waals surface area (Å²) in [5.74, 6) is -3.58. The van der Waals surface area contributed by atoms with Gasteiger partial charge in [0, 0.05) is 57.4 Å². The summed E-state index contributed by atoms with van der Waals surface area (Å²) >= 11 is 0. The predicted octanol–water partition coefficient (Wildman–Crippen LogP) is 2.08. The maximum Gasteiger partial charge on any atom is 0.272 e. The van der Waals surface area contributed by atoms with Gasteiger partial charge in [0.1, 0.15) is 0 Å². The molecule has 2 aromatic rings. The Hall–Kier alpha value is -3.50. The first-order valence-electron chi connectivity index (χ1n) is 12.1. The molecule has 1 aromatic heterocycles. The number of halogens is 2. The van der Waals surface area contributed by atoms with Crippen molar-refractivity contribution in [1.82, 2.24) is 24.9 Å². The normalized spacial score (nSPS) is 19.4. The van der Waals surface area contributed by atoms with E-state index < -0.39 is 23.3 Å². The monoisotopic (exact) mass is 503 g/mol. The summed E-state index contributed by atoms with van der Waals surface area (Å²) in [5.41, 5.74) is 1.94. The van der Waals surface area contributed by atoms with Crippen molar-refractivity contribution >= 4 is 17.7 Å². The molecule has 1 aliphatic heterocycles. The lowest BCUT2D eigenvalue weighted by Gasteiger charge is -2.32. The molecule has 1 atom stereocenters. The summed E-state index contributed by atoms with van der Waals surface area (Å²) < 4.78 is 35.1. The summed E-state index contributed by atoms with van der Waals surface area (Å²) in [6.45, 7) is 0.708. The van der Waals surface area contributed by atoms with Crippen LogP contribution in [0.3, 0.4) is 0 Å². The zero-order valence-corrected chi connectivity index (χ0v) is 20.8. The Morgan fingerprint density at radius 1 is 1.14 bits per heavy atom. The molecule has 1 aromatic carbocycles. The van der Waals surface area contributed by atoms with Crippen molar-refractivity contribution in [2.45, 2.75) is 44.6 Å². The number of hydrogen-bond acceptors (Lipinski definition) is 5. The Kier molecular flexibility index (Phi) is 7.56. The van der Waals surface area contributed by atoms with E-state index in [0.717, 1.165) is 43.3 Å². The molecule has 2 heterocycles. The predicted molar refractivity (Wildman–Crippen MR) is 127 cm³/mol. The molecule has 0 fully saturated rings. The fraction of sp³-hybridized carbons (Fsp3) is 0.520. The van der Waals surface area contributed by atoms with E-state index in [0.29, 0.717) is 25.0 Å². The number of hydrogen-bond donors (Lipinski definition) is 1. The van der Waals surface area contributed by atoms with Crippen LogP contribution in [0.15, 0.2) is 12.1 Å². The van der Waals surface area contributed by atoms with E-state index in [1.807, 2.05) is 7.05 Å². The summed E-state index contributed by atoms with van der Waals surface area (Å²) in [6.07, 6.45) is 3.07. The van der Waals surface area contributed by atoms with Crippen LogP contribution >= 0.6 is 0 Å². The highest BCUT2D eigenvalue weighted by Crippen LogP contribution is 2.28. The fourth-order valence-electron chi connectivity index (χ4n) is 5.01. The minimum atomic E-state index is -1.07. The van der Waals surface area contributed by atoms with Gasteiger partial charge in [0.15, 0.2) is 23.1 Å². The van der Waals surface area contributed by atoms with Gasteiger partial charge in [-0.1, -0.05) is 0 Å². The van der Waals surface area contributed by atoms with Crippen molar-refractivity contribution in [1.29, 1.82) is 0 Å². The third-order valence-corrected chi connectivity index (χ3v) is 7.06. The van der Waals surface area contributed by atoms with Gasteiger partial charge in [-0.3, -0.25) is 19.1 Å². The first-order valence-corrected chi connectivity index (χ1v) is 12.1. The second-order valence-corrected chi connectivity index (χ2v) is 9.25. The first-order chi connectivity index (χ1) is 17.2.